The fraction of sp³-hybridized carbons (Fsp3) is 0.588. The first-order valence-electron chi connectivity index (χ1n) is 7.08. The van der Waals surface area contributed by atoms with Gasteiger partial charge in [0, 0.05) is 12.0 Å². The zero-order valence-corrected chi connectivity index (χ0v) is 13.4. The number of carbonyl (C=O) groups is 1. The summed E-state index contributed by atoms with van der Waals surface area (Å²) in [6, 6.07) is 3.88. The highest BCUT2D eigenvalue weighted by molar-refractivity contribution is 5.96. The standard InChI is InChI=1S/C17H26O3/c1-11-9-14(10-12(2)13(11)3)15(18)7-8-16(20-19)17(4,5)6/h9-10,16,19H,7-8H2,1-6H3. The molecule has 1 rings (SSSR count). The van der Waals surface area contributed by atoms with Crippen molar-refractivity contribution in [1.82, 2.24) is 0 Å². The Morgan fingerprint density at radius 2 is 1.70 bits per heavy atom. The Balaban J connectivity index is 2.77. The number of hydrogen-bond donors (Lipinski definition) is 1. The van der Waals surface area contributed by atoms with Gasteiger partial charge < -0.3 is 0 Å². The summed E-state index contributed by atoms with van der Waals surface area (Å²) >= 11 is 0. The van der Waals surface area contributed by atoms with Gasteiger partial charge in [0.1, 0.15) is 0 Å². The minimum atomic E-state index is -0.334. The molecule has 0 aliphatic carbocycles. The van der Waals surface area contributed by atoms with Crippen molar-refractivity contribution in [3.63, 3.8) is 0 Å². The SMILES string of the molecule is Cc1cc(C(=O)CCC(OO)C(C)(C)C)cc(C)c1C. The summed E-state index contributed by atoms with van der Waals surface area (Å²) in [6.45, 7) is 12.1. The molecule has 3 heteroatoms. The molecule has 3 nitrogen and oxygen atoms in total. The van der Waals surface area contributed by atoms with Crippen LogP contribution in [0.2, 0.25) is 0 Å². The van der Waals surface area contributed by atoms with Crippen molar-refractivity contribution >= 4 is 5.78 Å². The maximum Gasteiger partial charge on any atom is 0.162 e. The molecule has 0 saturated carbocycles. The van der Waals surface area contributed by atoms with Gasteiger partial charge in [0.25, 0.3) is 0 Å². The molecule has 1 aromatic rings. The third-order valence-electron chi connectivity index (χ3n) is 3.98. The predicted octanol–water partition coefficient (Wildman–Crippen LogP) is 4.48. The quantitative estimate of drug-likeness (QED) is 0.491. The highest BCUT2D eigenvalue weighted by Crippen LogP contribution is 2.26. The van der Waals surface area contributed by atoms with E-state index in [1.165, 1.54) is 5.56 Å². The lowest BCUT2D eigenvalue weighted by Crippen LogP contribution is -2.29. The maximum atomic E-state index is 12.3. The number of aryl methyl sites for hydroxylation is 2. The molecular weight excluding hydrogens is 252 g/mol. The minimum Gasteiger partial charge on any atom is -0.294 e. The molecule has 1 aromatic carbocycles. The molecule has 0 fully saturated rings. The fourth-order valence-electron chi connectivity index (χ4n) is 2.25. The normalized spacial score (nSPS) is 13.3. The van der Waals surface area contributed by atoms with Crippen LogP contribution < -0.4 is 0 Å². The van der Waals surface area contributed by atoms with Crippen molar-refractivity contribution in [2.75, 3.05) is 0 Å². The molecule has 0 amide bonds. The molecule has 0 radical (unpaired) electrons. The van der Waals surface area contributed by atoms with Crippen molar-refractivity contribution in [3.05, 3.63) is 34.4 Å². The summed E-state index contributed by atoms with van der Waals surface area (Å²) in [6.07, 6.45) is 0.564. The summed E-state index contributed by atoms with van der Waals surface area (Å²) < 4.78 is 0. The molecular formula is C17H26O3. The lowest BCUT2D eigenvalue weighted by Gasteiger charge is -2.27. The second-order valence-electron chi connectivity index (χ2n) is 6.66. The van der Waals surface area contributed by atoms with E-state index in [0.717, 1.165) is 16.7 Å². The largest absolute Gasteiger partial charge is 0.294 e. The number of benzene rings is 1. The van der Waals surface area contributed by atoms with Crippen LogP contribution in [0.4, 0.5) is 0 Å². The Hall–Kier alpha value is -1.19. The van der Waals surface area contributed by atoms with Crippen molar-refractivity contribution in [2.45, 2.75) is 60.5 Å². The van der Waals surface area contributed by atoms with Gasteiger partial charge in [0.05, 0.1) is 6.10 Å². The topological polar surface area (TPSA) is 46.5 Å². The smallest absolute Gasteiger partial charge is 0.162 e. The predicted molar refractivity (Wildman–Crippen MR) is 81.2 cm³/mol. The van der Waals surface area contributed by atoms with Crippen LogP contribution >= 0.6 is 0 Å². The van der Waals surface area contributed by atoms with E-state index in [0.29, 0.717) is 12.8 Å². The highest BCUT2D eigenvalue weighted by Gasteiger charge is 2.26. The molecule has 0 bridgehead atoms. The summed E-state index contributed by atoms with van der Waals surface area (Å²) in [7, 11) is 0. The van der Waals surface area contributed by atoms with Crippen LogP contribution in [0.1, 0.15) is 60.7 Å². The highest BCUT2D eigenvalue weighted by atomic mass is 17.1. The van der Waals surface area contributed by atoms with Crippen molar-refractivity contribution in [3.8, 4) is 0 Å². The Kier molecular flexibility index (Phi) is 5.49. The second kappa shape index (κ2) is 6.51. The summed E-state index contributed by atoms with van der Waals surface area (Å²) in [5, 5.41) is 8.96. The Bertz CT molecular complexity index is 460. The van der Waals surface area contributed by atoms with Gasteiger partial charge in [-0.15, -0.1) is 0 Å². The first-order chi connectivity index (χ1) is 9.16. The molecule has 0 spiro atoms. The van der Waals surface area contributed by atoms with Gasteiger partial charge in [0.15, 0.2) is 5.78 Å². The van der Waals surface area contributed by atoms with Crippen LogP contribution in [0.25, 0.3) is 0 Å². The average Bonchev–Trinajstić information content (AvgIpc) is 2.34. The van der Waals surface area contributed by atoms with Gasteiger partial charge in [-0.05, 0) is 61.4 Å². The lowest BCUT2D eigenvalue weighted by molar-refractivity contribution is -0.300. The van der Waals surface area contributed by atoms with Crippen molar-refractivity contribution in [2.24, 2.45) is 5.41 Å². The Labute approximate surface area is 121 Å². The molecule has 1 unspecified atom stereocenters. The number of hydrogen-bond acceptors (Lipinski definition) is 3. The van der Waals surface area contributed by atoms with Crippen LogP contribution in [0.5, 0.6) is 0 Å². The van der Waals surface area contributed by atoms with Crippen LogP contribution in [0.15, 0.2) is 12.1 Å². The number of rotatable bonds is 5. The van der Waals surface area contributed by atoms with Crippen molar-refractivity contribution < 1.29 is 14.9 Å². The molecule has 20 heavy (non-hydrogen) atoms. The minimum absolute atomic E-state index is 0.0995. The third-order valence-corrected chi connectivity index (χ3v) is 3.98. The summed E-state index contributed by atoms with van der Waals surface area (Å²) in [4.78, 5) is 16.8. The van der Waals surface area contributed by atoms with Crippen LogP contribution in [0, 0.1) is 26.2 Å². The van der Waals surface area contributed by atoms with E-state index < -0.39 is 0 Å². The van der Waals surface area contributed by atoms with E-state index in [2.05, 4.69) is 11.8 Å². The van der Waals surface area contributed by atoms with Crippen molar-refractivity contribution in [1.29, 1.82) is 0 Å². The monoisotopic (exact) mass is 278 g/mol. The first kappa shape index (κ1) is 16.9. The molecule has 0 aliphatic heterocycles. The van der Waals surface area contributed by atoms with Gasteiger partial charge in [-0.25, -0.2) is 4.89 Å². The number of Topliss-reactive ketones (excluding diaryl/α,β-unsaturated/α-hetero) is 1. The second-order valence-corrected chi connectivity index (χ2v) is 6.66. The van der Waals surface area contributed by atoms with Gasteiger partial charge >= 0.3 is 0 Å². The zero-order valence-electron chi connectivity index (χ0n) is 13.4. The molecule has 0 aromatic heterocycles. The first-order valence-corrected chi connectivity index (χ1v) is 7.08. The number of ketones is 1. The van der Waals surface area contributed by atoms with Crippen LogP contribution in [-0.2, 0) is 4.89 Å². The van der Waals surface area contributed by atoms with Crippen LogP contribution in [0.3, 0.4) is 0 Å². The van der Waals surface area contributed by atoms with E-state index >= 15 is 0 Å². The lowest BCUT2D eigenvalue weighted by atomic mass is 9.85. The maximum absolute atomic E-state index is 12.3. The molecule has 0 heterocycles. The zero-order chi connectivity index (χ0) is 15.5. The molecule has 1 atom stereocenters. The third kappa shape index (κ3) is 4.15. The van der Waals surface area contributed by atoms with Gasteiger partial charge in [-0.1, -0.05) is 20.8 Å². The van der Waals surface area contributed by atoms with E-state index in [9.17, 15) is 4.79 Å². The molecule has 112 valence electrons. The van der Waals surface area contributed by atoms with E-state index in [1.807, 2.05) is 46.8 Å². The van der Waals surface area contributed by atoms with Crippen LogP contribution in [-0.4, -0.2) is 17.1 Å². The van der Waals surface area contributed by atoms with E-state index in [1.54, 1.807) is 0 Å². The van der Waals surface area contributed by atoms with E-state index in [-0.39, 0.29) is 17.3 Å². The van der Waals surface area contributed by atoms with E-state index in [4.69, 9.17) is 5.26 Å². The molecule has 0 aliphatic rings. The van der Waals surface area contributed by atoms with Gasteiger partial charge in [0.2, 0.25) is 0 Å². The average molecular weight is 278 g/mol. The van der Waals surface area contributed by atoms with Gasteiger partial charge in [-0.3, -0.25) is 10.1 Å². The molecule has 0 saturated heterocycles. The number of carbonyl (C=O) groups excluding carboxylic acids is 1. The summed E-state index contributed by atoms with van der Waals surface area (Å²) in [5.41, 5.74) is 4.07. The molecule has 1 N–H and O–H groups in total. The summed E-state index contributed by atoms with van der Waals surface area (Å²) in [5.74, 6) is 0.0995. The Morgan fingerprint density at radius 3 is 2.10 bits per heavy atom. The van der Waals surface area contributed by atoms with Gasteiger partial charge in [-0.2, -0.15) is 0 Å². The Morgan fingerprint density at radius 1 is 1.20 bits per heavy atom. The fourth-order valence-corrected chi connectivity index (χ4v) is 2.25.